The maximum Gasteiger partial charge on any atom is 0.227 e. The molecule has 8 heteroatoms. The fourth-order valence-corrected chi connectivity index (χ4v) is 4.05. The van der Waals surface area contributed by atoms with Gasteiger partial charge in [0, 0.05) is 43.1 Å². The molecule has 1 aliphatic heterocycles. The van der Waals surface area contributed by atoms with Crippen LogP contribution < -0.4 is 15.5 Å². The number of hydrogen-bond acceptors (Lipinski definition) is 5. The molecule has 2 aromatic carbocycles. The molecule has 2 amide bonds. The van der Waals surface area contributed by atoms with Crippen LogP contribution in [0.1, 0.15) is 18.4 Å². The molecular formula is C21H21FN4O2S. The van der Waals surface area contributed by atoms with Crippen LogP contribution in [-0.4, -0.2) is 37.2 Å². The second-order valence-electron chi connectivity index (χ2n) is 6.41. The Hall–Kier alpha value is -3.05. The summed E-state index contributed by atoms with van der Waals surface area (Å²) in [5.74, 6) is -0.0347. The zero-order chi connectivity index (χ0) is 20.6. The van der Waals surface area contributed by atoms with Crippen molar-refractivity contribution >= 4 is 35.0 Å². The molecule has 0 aliphatic carbocycles. The first-order valence-corrected chi connectivity index (χ1v) is 10.3. The van der Waals surface area contributed by atoms with Crippen LogP contribution in [0.3, 0.4) is 0 Å². The minimum absolute atomic E-state index is 0.0515. The summed E-state index contributed by atoms with van der Waals surface area (Å²) in [6, 6.07) is 13.9. The maximum atomic E-state index is 13.5. The van der Waals surface area contributed by atoms with Gasteiger partial charge in [0.1, 0.15) is 17.4 Å². The van der Waals surface area contributed by atoms with Crippen LogP contribution in [0.15, 0.2) is 47.4 Å². The highest BCUT2D eigenvalue weighted by molar-refractivity contribution is 7.99. The summed E-state index contributed by atoms with van der Waals surface area (Å²) in [6.45, 7) is 1.28. The number of rotatable bonds is 7. The Morgan fingerprint density at radius 1 is 1.14 bits per heavy atom. The maximum absolute atomic E-state index is 13.5. The molecule has 0 atom stereocenters. The fourth-order valence-electron chi connectivity index (χ4n) is 3.06. The molecule has 0 bridgehead atoms. The largest absolute Gasteiger partial charge is 0.382 e. The lowest BCUT2D eigenvalue weighted by Gasteiger charge is -2.29. The number of carbonyl (C=O) groups is 2. The predicted octanol–water partition coefficient (Wildman–Crippen LogP) is 3.14. The highest BCUT2D eigenvalue weighted by atomic mass is 32.2. The second kappa shape index (κ2) is 9.94. The Balaban J connectivity index is 1.41. The van der Waals surface area contributed by atoms with Gasteiger partial charge in [-0.15, -0.1) is 11.8 Å². The van der Waals surface area contributed by atoms with Gasteiger partial charge in [-0.25, -0.2) is 4.39 Å². The first kappa shape index (κ1) is 20.7. The number of hydrogen-bond donors (Lipinski definition) is 2. The highest BCUT2D eigenvalue weighted by Gasteiger charge is 2.22. The van der Waals surface area contributed by atoms with Crippen LogP contribution in [0.5, 0.6) is 0 Å². The van der Waals surface area contributed by atoms with Gasteiger partial charge >= 0.3 is 0 Å². The van der Waals surface area contributed by atoms with Gasteiger partial charge in [0.2, 0.25) is 11.8 Å². The van der Waals surface area contributed by atoms with Gasteiger partial charge in [0.05, 0.1) is 11.4 Å². The number of nitrogens with one attached hydrogen (secondary N) is 2. The summed E-state index contributed by atoms with van der Waals surface area (Å²) >= 11 is 1.73. The lowest BCUT2D eigenvalue weighted by Crippen LogP contribution is -2.36. The van der Waals surface area contributed by atoms with E-state index in [2.05, 4.69) is 10.6 Å². The van der Waals surface area contributed by atoms with Crippen LogP contribution in [0.25, 0.3) is 0 Å². The summed E-state index contributed by atoms with van der Waals surface area (Å²) in [5, 5.41) is 14.7. The molecule has 0 fully saturated rings. The molecule has 6 nitrogen and oxygen atoms in total. The van der Waals surface area contributed by atoms with E-state index in [0.29, 0.717) is 25.3 Å². The summed E-state index contributed by atoms with van der Waals surface area (Å²) in [4.78, 5) is 27.4. The molecule has 3 rings (SSSR count). The average molecular weight is 412 g/mol. The standard InChI is InChI=1S/C21H21FN4O2S/c22-16-4-3-5-17(15(16)14-23)24-10-11-25-20(27)8-9-21(28)26-12-13-29-19-7-2-1-6-18(19)26/h1-7,24H,8-13H2,(H,25,27). The number of thioether (sulfide) groups is 1. The number of nitrogens with zero attached hydrogens (tertiary/aromatic N) is 2. The monoisotopic (exact) mass is 412 g/mol. The normalized spacial score (nSPS) is 12.6. The van der Waals surface area contributed by atoms with Crippen LogP contribution in [-0.2, 0) is 9.59 Å². The number of halogens is 1. The van der Waals surface area contributed by atoms with E-state index in [9.17, 15) is 14.0 Å². The third kappa shape index (κ3) is 5.27. The van der Waals surface area contributed by atoms with Crippen molar-refractivity contribution in [1.82, 2.24) is 5.32 Å². The molecule has 29 heavy (non-hydrogen) atoms. The van der Waals surface area contributed by atoms with Gasteiger partial charge in [-0.05, 0) is 24.3 Å². The quantitative estimate of drug-likeness (QED) is 0.683. The van der Waals surface area contributed by atoms with E-state index in [1.165, 1.54) is 12.1 Å². The zero-order valence-electron chi connectivity index (χ0n) is 15.8. The first-order valence-electron chi connectivity index (χ1n) is 9.31. The topological polar surface area (TPSA) is 85.2 Å². The van der Waals surface area contributed by atoms with E-state index in [1.807, 2.05) is 30.3 Å². The number of carbonyl (C=O) groups excluding carboxylic acids is 2. The predicted molar refractivity (Wildman–Crippen MR) is 111 cm³/mol. The first-order chi connectivity index (χ1) is 14.1. The zero-order valence-corrected chi connectivity index (χ0v) is 16.6. The molecular weight excluding hydrogens is 391 g/mol. The third-order valence-corrected chi connectivity index (χ3v) is 5.53. The molecule has 150 valence electrons. The Bertz CT molecular complexity index is 945. The molecule has 0 saturated carbocycles. The van der Waals surface area contributed by atoms with Crippen LogP contribution in [0.2, 0.25) is 0 Å². The minimum Gasteiger partial charge on any atom is -0.382 e. The van der Waals surface area contributed by atoms with Crippen molar-refractivity contribution in [1.29, 1.82) is 5.26 Å². The van der Waals surface area contributed by atoms with Crippen molar-refractivity contribution in [3.63, 3.8) is 0 Å². The third-order valence-electron chi connectivity index (χ3n) is 4.48. The summed E-state index contributed by atoms with van der Waals surface area (Å²) in [7, 11) is 0. The lowest BCUT2D eigenvalue weighted by molar-refractivity contribution is -0.125. The molecule has 0 spiro atoms. The highest BCUT2D eigenvalue weighted by Crippen LogP contribution is 2.34. The number of nitriles is 1. The van der Waals surface area contributed by atoms with E-state index >= 15 is 0 Å². The van der Waals surface area contributed by atoms with E-state index in [0.717, 1.165) is 16.3 Å². The molecule has 0 radical (unpaired) electrons. The Morgan fingerprint density at radius 2 is 1.97 bits per heavy atom. The summed E-state index contributed by atoms with van der Waals surface area (Å²) < 4.78 is 13.5. The lowest BCUT2D eigenvalue weighted by atomic mass is 10.2. The Morgan fingerprint density at radius 3 is 2.79 bits per heavy atom. The average Bonchev–Trinajstić information content (AvgIpc) is 2.74. The minimum atomic E-state index is -0.585. The van der Waals surface area contributed by atoms with Crippen LogP contribution >= 0.6 is 11.8 Å². The summed E-state index contributed by atoms with van der Waals surface area (Å²) in [5.41, 5.74) is 1.24. The van der Waals surface area contributed by atoms with Crippen LogP contribution in [0.4, 0.5) is 15.8 Å². The second-order valence-corrected chi connectivity index (χ2v) is 7.55. The molecule has 0 unspecified atom stereocenters. The smallest absolute Gasteiger partial charge is 0.227 e. The van der Waals surface area contributed by atoms with Gasteiger partial charge < -0.3 is 15.5 Å². The van der Waals surface area contributed by atoms with E-state index < -0.39 is 5.82 Å². The molecule has 0 aromatic heterocycles. The Kier molecular flexibility index (Phi) is 7.09. The SMILES string of the molecule is N#Cc1c(F)cccc1NCCNC(=O)CCC(=O)N1CCSc2ccccc21. The number of amides is 2. The van der Waals surface area contributed by atoms with Gasteiger partial charge in [-0.2, -0.15) is 5.26 Å². The van der Waals surface area contributed by atoms with Gasteiger partial charge in [0.15, 0.2) is 0 Å². The van der Waals surface area contributed by atoms with E-state index in [-0.39, 0.29) is 30.2 Å². The number of para-hydroxylation sites is 1. The molecule has 2 aromatic rings. The van der Waals surface area contributed by atoms with Crippen molar-refractivity contribution in [2.24, 2.45) is 0 Å². The van der Waals surface area contributed by atoms with E-state index in [4.69, 9.17) is 5.26 Å². The summed E-state index contributed by atoms with van der Waals surface area (Å²) in [6.07, 6.45) is 0.245. The van der Waals surface area contributed by atoms with E-state index in [1.54, 1.807) is 22.7 Å². The number of fused-ring (bicyclic) bond motifs is 1. The van der Waals surface area contributed by atoms with Crippen molar-refractivity contribution in [2.75, 3.05) is 35.6 Å². The molecule has 2 N–H and O–H groups in total. The van der Waals surface area contributed by atoms with Gasteiger partial charge in [-0.3, -0.25) is 9.59 Å². The molecule has 1 heterocycles. The number of benzene rings is 2. The van der Waals surface area contributed by atoms with Gasteiger partial charge in [0.25, 0.3) is 0 Å². The van der Waals surface area contributed by atoms with Crippen molar-refractivity contribution in [3.8, 4) is 6.07 Å². The van der Waals surface area contributed by atoms with Crippen molar-refractivity contribution in [3.05, 3.63) is 53.8 Å². The van der Waals surface area contributed by atoms with Gasteiger partial charge in [-0.1, -0.05) is 18.2 Å². The van der Waals surface area contributed by atoms with Crippen molar-refractivity contribution < 1.29 is 14.0 Å². The molecule has 1 aliphatic rings. The Labute approximate surface area is 173 Å². The number of anilines is 2. The van der Waals surface area contributed by atoms with Crippen molar-refractivity contribution in [2.45, 2.75) is 17.7 Å². The van der Waals surface area contributed by atoms with Crippen LogP contribution in [0, 0.1) is 17.1 Å². The molecule has 0 saturated heterocycles. The fraction of sp³-hybridized carbons (Fsp3) is 0.286.